The van der Waals surface area contributed by atoms with Crippen LogP contribution in [0.15, 0.2) is 67.1 Å². The van der Waals surface area contributed by atoms with Gasteiger partial charge in [-0.1, -0.05) is 6.08 Å². The van der Waals surface area contributed by atoms with Crippen LogP contribution in [-0.2, 0) is 25.7 Å². The van der Waals surface area contributed by atoms with E-state index in [2.05, 4.69) is 36.5 Å². The Morgan fingerprint density at radius 2 is 1.96 bits per heavy atom. The topological polar surface area (TPSA) is 138 Å². The molecule has 2 aliphatic rings. The number of aromatic amines is 1. The quantitative estimate of drug-likeness (QED) is 0.213. The molecular weight excluding hydrogens is 648 g/mol. The van der Waals surface area contributed by atoms with Gasteiger partial charge in [0.25, 0.3) is 5.91 Å². The molecule has 7 rings (SSSR count). The summed E-state index contributed by atoms with van der Waals surface area (Å²) < 4.78 is 25.2. The van der Waals surface area contributed by atoms with Crippen molar-refractivity contribution in [2.24, 2.45) is 0 Å². The summed E-state index contributed by atoms with van der Waals surface area (Å²) in [7, 11) is 3.04. The fourth-order valence-corrected chi connectivity index (χ4v) is 7.25. The number of anilines is 1. The molecule has 3 aromatic heterocycles. The number of benzene rings is 2. The Balaban J connectivity index is 0.976. The summed E-state index contributed by atoms with van der Waals surface area (Å²) in [4.78, 5) is 44.9. The summed E-state index contributed by atoms with van der Waals surface area (Å²) >= 11 is 1.55. The fourth-order valence-electron chi connectivity index (χ4n) is 6.32. The molecule has 0 aliphatic carbocycles. The van der Waals surface area contributed by atoms with E-state index in [-0.39, 0.29) is 37.3 Å². The van der Waals surface area contributed by atoms with Gasteiger partial charge in [-0.3, -0.25) is 19.6 Å². The van der Waals surface area contributed by atoms with E-state index < -0.39 is 5.60 Å². The number of nitrogens with zero attached hydrogens (tertiary/aromatic N) is 6. The minimum atomic E-state index is -1.11. The van der Waals surface area contributed by atoms with Gasteiger partial charge in [0.05, 0.1) is 29.2 Å². The van der Waals surface area contributed by atoms with Crippen LogP contribution in [0, 0.1) is 5.82 Å². The smallest absolute Gasteiger partial charge is 0.258 e. The van der Waals surface area contributed by atoms with E-state index in [0.29, 0.717) is 55.2 Å². The second-order valence-electron chi connectivity index (χ2n) is 12.1. The second kappa shape index (κ2) is 13.9. The van der Waals surface area contributed by atoms with Gasteiger partial charge in [-0.2, -0.15) is 5.10 Å². The Hall–Kier alpha value is -4.89. The van der Waals surface area contributed by atoms with Crippen LogP contribution in [0.5, 0.6) is 0 Å². The van der Waals surface area contributed by atoms with Crippen LogP contribution < -0.4 is 5.32 Å². The van der Waals surface area contributed by atoms with Crippen LogP contribution in [0.3, 0.4) is 0 Å². The number of halogens is 1. The van der Waals surface area contributed by atoms with E-state index in [1.165, 1.54) is 20.3 Å². The lowest BCUT2D eigenvalue weighted by Gasteiger charge is -2.29. The number of ether oxygens (including phenoxy) is 2. The summed E-state index contributed by atoms with van der Waals surface area (Å²) in [6.45, 7) is 2.26. The van der Waals surface area contributed by atoms with Crippen molar-refractivity contribution in [3.05, 3.63) is 83.5 Å². The SMILES string of the molecule is COCc1cc(-c2n[nH]c3ccc(NC(=O)[C@]4(OC)CCN(CC(=O)N5CC=C(c6ncc(-c7ncccn7)s6)CC5)C4)cc23)ccc1F. The van der Waals surface area contributed by atoms with Gasteiger partial charge in [0, 0.05) is 81.2 Å². The third-order valence-electron chi connectivity index (χ3n) is 9.04. The summed E-state index contributed by atoms with van der Waals surface area (Å²) in [5.74, 6) is 0.0245. The lowest BCUT2D eigenvalue weighted by Crippen LogP contribution is -2.48. The molecule has 0 saturated carbocycles. The largest absolute Gasteiger partial charge is 0.380 e. The zero-order valence-electron chi connectivity index (χ0n) is 27.1. The molecule has 2 amide bonds. The Labute approximate surface area is 286 Å². The highest BCUT2D eigenvalue weighted by Gasteiger charge is 2.45. The molecular formula is C35H35FN8O4S. The van der Waals surface area contributed by atoms with Crippen molar-refractivity contribution in [1.29, 1.82) is 0 Å². The summed E-state index contributed by atoms with van der Waals surface area (Å²) in [6, 6.07) is 12.0. The third kappa shape index (κ3) is 6.72. The number of aromatic nitrogens is 5. The maximum Gasteiger partial charge on any atom is 0.258 e. The molecule has 49 heavy (non-hydrogen) atoms. The minimum absolute atomic E-state index is 0.00696. The second-order valence-corrected chi connectivity index (χ2v) is 13.1. The van der Waals surface area contributed by atoms with Gasteiger partial charge in [-0.25, -0.2) is 19.3 Å². The minimum Gasteiger partial charge on any atom is -0.380 e. The number of hydrogen-bond donors (Lipinski definition) is 2. The number of carbonyl (C=O) groups excluding carboxylic acids is 2. The number of amides is 2. The van der Waals surface area contributed by atoms with E-state index in [0.717, 1.165) is 31.9 Å². The Morgan fingerprint density at radius 1 is 1.10 bits per heavy atom. The van der Waals surface area contributed by atoms with E-state index in [9.17, 15) is 14.0 Å². The molecule has 2 aliphatic heterocycles. The van der Waals surface area contributed by atoms with Gasteiger partial charge in [0.1, 0.15) is 10.8 Å². The summed E-state index contributed by atoms with van der Waals surface area (Å²) in [5, 5.41) is 12.2. The molecule has 14 heteroatoms. The lowest BCUT2D eigenvalue weighted by atomic mass is 10.0. The predicted molar refractivity (Wildman–Crippen MR) is 184 cm³/mol. The van der Waals surface area contributed by atoms with Gasteiger partial charge in [0.15, 0.2) is 11.4 Å². The van der Waals surface area contributed by atoms with Gasteiger partial charge < -0.3 is 19.7 Å². The van der Waals surface area contributed by atoms with Crippen molar-refractivity contribution in [3.63, 3.8) is 0 Å². The third-order valence-corrected chi connectivity index (χ3v) is 10.1. The van der Waals surface area contributed by atoms with Crippen LogP contribution >= 0.6 is 11.3 Å². The molecule has 1 fully saturated rings. The lowest BCUT2D eigenvalue weighted by molar-refractivity contribution is -0.138. The number of likely N-dealkylation sites (tertiary alicyclic amines) is 1. The molecule has 0 bridgehead atoms. The number of rotatable bonds is 10. The van der Waals surface area contributed by atoms with Crippen molar-refractivity contribution in [3.8, 4) is 22.0 Å². The number of hydrogen-bond acceptors (Lipinski definition) is 10. The first kappa shape index (κ1) is 32.6. The maximum absolute atomic E-state index is 14.2. The van der Waals surface area contributed by atoms with Crippen LogP contribution in [0.2, 0.25) is 0 Å². The Kier molecular flexibility index (Phi) is 9.27. The highest BCUT2D eigenvalue weighted by atomic mass is 32.1. The molecule has 1 saturated heterocycles. The number of fused-ring (bicyclic) bond motifs is 1. The van der Waals surface area contributed by atoms with Gasteiger partial charge in [-0.05, 0) is 60.9 Å². The first-order valence-corrected chi connectivity index (χ1v) is 16.7. The molecule has 0 radical (unpaired) electrons. The van der Waals surface area contributed by atoms with Crippen LogP contribution in [-0.4, -0.2) is 99.3 Å². The highest BCUT2D eigenvalue weighted by Crippen LogP contribution is 2.33. The zero-order chi connectivity index (χ0) is 34.0. The van der Waals surface area contributed by atoms with Gasteiger partial charge >= 0.3 is 0 Å². The molecule has 12 nitrogen and oxygen atoms in total. The molecule has 0 spiro atoms. The number of methoxy groups -OCH3 is 2. The molecule has 5 aromatic rings. The molecule has 2 aromatic carbocycles. The van der Waals surface area contributed by atoms with Crippen molar-refractivity contribution in [2.45, 2.75) is 25.0 Å². The van der Waals surface area contributed by atoms with E-state index in [4.69, 9.17) is 9.47 Å². The average Bonchev–Trinajstić information content (AvgIpc) is 3.89. The maximum atomic E-state index is 14.2. The van der Waals surface area contributed by atoms with Gasteiger partial charge in [0.2, 0.25) is 5.91 Å². The summed E-state index contributed by atoms with van der Waals surface area (Å²) in [6.07, 6.45) is 8.42. The zero-order valence-corrected chi connectivity index (χ0v) is 27.9. The highest BCUT2D eigenvalue weighted by molar-refractivity contribution is 7.16. The number of carbonyl (C=O) groups is 2. The molecule has 1 atom stereocenters. The Morgan fingerprint density at radius 3 is 2.73 bits per heavy atom. The monoisotopic (exact) mass is 682 g/mol. The average molecular weight is 683 g/mol. The van der Waals surface area contributed by atoms with E-state index in [1.54, 1.807) is 54.2 Å². The van der Waals surface area contributed by atoms with Gasteiger partial charge in [-0.15, -0.1) is 11.3 Å². The van der Waals surface area contributed by atoms with Crippen LogP contribution in [0.4, 0.5) is 10.1 Å². The molecule has 5 heterocycles. The summed E-state index contributed by atoms with van der Waals surface area (Å²) in [5.41, 5.74) is 3.14. The number of thiazole rings is 1. The number of H-pyrrole nitrogens is 1. The van der Waals surface area contributed by atoms with Crippen LogP contribution in [0.1, 0.15) is 23.4 Å². The van der Waals surface area contributed by atoms with E-state index >= 15 is 0 Å². The van der Waals surface area contributed by atoms with Crippen molar-refractivity contribution in [1.82, 2.24) is 34.9 Å². The van der Waals surface area contributed by atoms with Crippen molar-refractivity contribution >= 4 is 45.3 Å². The first-order chi connectivity index (χ1) is 23.9. The Bertz CT molecular complexity index is 2030. The fraction of sp³-hybridized carbons (Fsp3) is 0.314. The van der Waals surface area contributed by atoms with E-state index in [1.807, 2.05) is 21.9 Å². The normalized spacial score (nSPS) is 18.2. The number of nitrogens with one attached hydrogen (secondary N) is 2. The van der Waals surface area contributed by atoms with Crippen molar-refractivity contribution < 1.29 is 23.5 Å². The molecule has 2 N–H and O–H groups in total. The first-order valence-electron chi connectivity index (χ1n) is 15.9. The standard InChI is InChI=1S/C35H35FN8O4S/c1-47-20-24-16-23(4-6-27(24)36)31-26-17-25(5-7-28(26)41-42-31)40-34(46)35(48-2)10-15-43(21-35)19-30(45)44-13-8-22(9-14-44)33-39-18-29(49-33)32-37-11-3-12-38-32/h3-8,11-12,16-18H,9-10,13-15,19-21H2,1-2H3,(H,40,46)(H,41,42)/t35-/m0/s1. The molecule has 0 unspecified atom stereocenters. The van der Waals surface area contributed by atoms with Crippen LogP contribution in [0.25, 0.3) is 38.4 Å². The molecule has 252 valence electrons. The predicted octanol–water partition coefficient (Wildman–Crippen LogP) is 4.77. The van der Waals surface area contributed by atoms with Crippen molar-refractivity contribution in [2.75, 3.05) is 52.3 Å².